The predicted molar refractivity (Wildman–Crippen MR) is 145 cm³/mol. The fourth-order valence-electron chi connectivity index (χ4n) is 5.64. The molecular formula is C31H34O10. The number of aliphatic hydroxyl groups is 8. The third-order valence-corrected chi connectivity index (χ3v) is 8.18. The van der Waals surface area contributed by atoms with Crippen molar-refractivity contribution >= 4 is 0 Å². The molecule has 218 valence electrons. The van der Waals surface area contributed by atoms with E-state index in [0.29, 0.717) is 11.1 Å². The SMILES string of the molecule is CC1(C)c2cc(C#CC3OC(CO)C(O)C(O)C3O)ccc2-c2ccc(C#CC3OC(CO)C(O)C(O)C3O)cc21. The molecule has 2 aromatic rings. The van der Waals surface area contributed by atoms with Crippen molar-refractivity contribution in [3.63, 3.8) is 0 Å². The van der Waals surface area contributed by atoms with Crippen LogP contribution in [-0.4, -0.2) is 115 Å². The molecule has 0 spiro atoms. The standard InChI is InChI=1S/C31H34O10/c1-31(2)19-11-15(5-9-21-25(34)29(38)27(36)23(13-32)40-21)3-7-17(19)18-8-4-16(12-20(18)31)6-10-22-26(35)30(39)28(37)24(14-33)41-22/h3-4,7-8,11-12,21-30,32-39H,13-14H2,1-2H3. The molecule has 0 aromatic heterocycles. The van der Waals surface area contributed by atoms with Gasteiger partial charge in [0.25, 0.3) is 0 Å². The molecule has 3 aliphatic rings. The zero-order chi connectivity index (χ0) is 29.6. The summed E-state index contributed by atoms with van der Waals surface area (Å²) < 4.78 is 11.0. The van der Waals surface area contributed by atoms with Gasteiger partial charge in [-0.25, -0.2) is 0 Å². The van der Waals surface area contributed by atoms with Crippen LogP contribution in [0.15, 0.2) is 36.4 Å². The second-order valence-electron chi connectivity index (χ2n) is 11.2. The van der Waals surface area contributed by atoms with Crippen molar-refractivity contribution in [1.82, 2.24) is 0 Å². The fourth-order valence-corrected chi connectivity index (χ4v) is 5.64. The quantitative estimate of drug-likeness (QED) is 0.197. The first-order valence-electron chi connectivity index (χ1n) is 13.4. The van der Waals surface area contributed by atoms with Gasteiger partial charge in [-0.2, -0.15) is 0 Å². The average molecular weight is 567 g/mol. The molecule has 0 radical (unpaired) electrons. The molecule has 0 amide bonds. The number of hydrogen-bond donors (Lipinski definition) is 8. The van der Waals surface area contributed by atoms with Gasteiger partial charge >= 0.3 is 0 Å². The third kappa shape index (κ3) is 5.29. The summed E-state index contributed by atoms with van der Waals surface area (Å²) in [5.41, 5.74) is 4.98. The molecule has 10 unspecified atom stereocenters. The Morgan fingerprint density at radius 2 is 1.00 bits per heavy atom. The highest BCUT2D eigenvalue weighted by molar-refractivity contribution is 5.82. The summed E-state index contributed by atoms with van der Waals surface area (Å²) in [7, 11) is 0. The average Bonchev–Trinajstić information content (AvgIpc) is 3.19. The minimum absolute atomic E-state index is 0.424. The lowest BCUT2D eigenvalue weighted by atomic mass is 9.81. The van der Waals surface area contributed by atoms with Gasteiger partial charge in [-0.3, -0.25) is 0 Å². The molecule has 10 heteroatoms. The van der Waals surface area contributed by atoms with Gasteiger partial charge in [0.05, 0.1) is 13.2 Å². The van der Waals surface area contributed by atoms with Crippen LogP contribution in [0.2, 0.25) is 0 Å². The predicted octanol–water partition coefficient (Wildman–Crippen LogP) is -1.62. The molecule has 2 aliphatic heterocycles. The minimum atomic E-state index is -1.49. The minimum Gasteiger partial charge on any atom is -0.394 e. The van der Waals surface area contributed by atoms with E-state index in [1.54, 1.807) is 0 Å². The molecule has 10 nitrogen and oxygen atoms in total. The molecule has 8 N–H and O–H groups in total. The molecule has 10 atom stereocenters. The second-order valence-corrected chi connectivity index (χ2v) is 11.2. The van der Waals surface area contributed by atoms with Gasteiger partial charge in [-0.1, -0.05) is 49.7 Å². The Morgan fingerprint density at radius 3 is 1.37 bits per heavy atom. The number of benzene rings is 2. The van der Waals surface area contributed by atoms with Crippen LogP contribution in [0.5, 0.6) is 0 Å². The monoisotopic (exact) mass is 566 g/mol. The van der Waals surface area contributed by atoms with E-state index in [0.717, 1.165) is 22.3 Å². The highest BCUT2D eigenvalue weighted by Gasteiger charge is 2.44. The molecule has 2 fully saturated rings. The van der Waals surface area contributed by atoms with E-state index < -0.39 is 79.7 Å². The maximum absolute atomic E-state index is 10.3. The van der Waals surface area contributed by atoms with Crippen LogP contribution in [0.25, 0.3) is 11.1 Å². The zero-order valence-corrected chi connectivity index (χ0v) is 22.5. The molecule has 0 bridgehead atoms. The van der Waals surface area contributed by atoms with Crippen LogP contribution in [-0.2, 0) is 14.9 Å². The van der Waals surface area contributed by atoms with Crippen molar-refractivity contribution in [2.24, 2.45) is 0 Å². The first-order chi connectivity index (χ1) is 19.5. The Kier molecular flexibility index (Phi) is 8.27. The smallest absolute Gasteiger partial charge is 0.147 e. The summed E-state index contributed by atoms with van der Waals surface area (Å²) in [6.45, 7) is 3.09. The van der Waals surface area contributed by atoms with Gasteiger partial charge in [0.15, 0.2) is 0 Å². The van der Waals surface area contributed by atoms with Crippen LogP contribution >= 0.6 is 0 Å². The van der Waals surface area contributed by atoms with Crippen LogP contribution < -0.4 is 0 Å². The van der Waals surface area contributed by atoms with Crippen molar-refractivity contribution in [2.45, 2.75) is 80.3 Å². The summed E-state index contributed by atoms with van der Waals surface area (Å²) >= 11 is 0. The number of aliphatic hydroxyl groups excluding tert-OH is 8. The highest BCUT2D eigenvalue weighted by atomic mass is 16.5. The molecule has 1 aliphatic carbocycles. The Hall–Kier alpha value is -2.84. The van der Waals surface area contributed by atoms with E-state index in [-0.39, 0.29) is 0 Å². The van der Waals surface area contributed by atoms with E-state index in [9.17, 15) is 40.9 Å². The van der Waals surface area contributed by atoms with Gasteiger partial charge < -0.3 is 50.3 Å². The lowest BCUT2D eigenvalue weighted by Crippen LogP contribution is -2.58. The van der Waals surface area contributed by atoms with Crippen molar-refractivity contribution in [3.05, 3.63) is 58.7 Å². The van der Waals surface area contributed by atoms with E-state index >= 15 is 0 Å². The topological polar surface area (TPSA) is 180 Å². The fraction of sp³-hybridized carbons (Fsp3) is 0.484. The van der Waals surface area contributed by atoms with Crippen LogP contribution in [0.3, 0.4) is 0 Å². The van der Waals surface area contributed by atoms with Gasteiger partial charge in [-0.05, 0) is 46.5 Å². The van der Waals surface area contributed by atoms with E-state index in [1.165, 1.54) is 0 Å². The number of hydrogen-bond acceptors (Lipinski definition) is 10. The molecule has 5 rings (SSSR count). The number of fused-ring (bicyclic) bond motifs is 3. The molecule has 2 aromatic carbocycles. The summed E-state index contributed by atoms with van der Waals surface area (Å²) in [4.78, 5) is 0. The first kappa shape index (κ1) is 29.6. The van der Waals surface area contributed by atoms with Crippen molar-refractivity contribution in [1.29, 1.82) is 0 Å². The molecule has 0 saturated carbocycles. The Bertz CT molecular complexity index is 1310. The van der Waals surface area contributed by atoms with Crippen LogP contribution in [0.1, 0.15) is 36.1 Å². The van der Waals surface area contributed by atoms with Gasteiger partial charge in [-0.15, -0.1) is 0 Å². The third-order valence-electron chi connectivity index (χ3n) is 8.18. The lowest BCUT2D eigenvalue weighted by Gasteiger charge is -2.37. The van der Waals surface area contributed by atoms with Crippen molar-refractivity contribution < 1.29 is 50.3 Å². The Labute approximate surface area is 237 Å². The number of ether oxygens (including phenoxy) is 2. The summed E-state index contributed by atoms with van der Waals surface area (Å²) in [5.74, 6) is 11.6. The zero-order valence-electron chi connectivity index (χ0n) is 22.5. The summed E-state index contributed by atoms with van der Waals surface area (Å²) in [6, 6.07) is 11.5. The Balaban J connectivity index is 1.39. The summed E-state index contributed by atoms with van der Waals surface area (Å²) in [5, 5.41) is 79.4. The largest absolute Gasteiger partial charge is 0.394 e. The first-order valence-corrected chi connectivity index (χ1v) is 13.4. The van der Waals surface area contributed by atoms with E-state index in [2.05, 4.69) is 37.5 Å². The molecule has 41 heavy (non-hydrogen) atoms. The molecular weight excluding hydrogens is 532 g/mol. The summed E-state index contributed by atoms with van der Waals surface area (Å²) in [6.07, 6.45) is -13.0. The lowest BCUT2D eigenvalue weighted by molar-refractivity contribution is -0.214. The van der Waals surface area contributed by atoms with Crippen molar-refractivity contribution in [3.8, 4) is 34.8 Å². The highest BCUT2D eigenvalue weighted by Crippen LogP contribution is 2.49. The van der Waals surface area contributed by atoms with Gasteiger partial charge in [0.1, 0.15) is 61.0 Å². The molecule has 2 heterocycles. The van der Waals surface area contributed by atoms with Gasteiger partial charge in [0, 0.05) is 16.5 Å². The number of rotatable bonds is 2. The van der Waals surface area contributed by atoms with E-state index in [4.69, 9.17) is 9.47 Å². The van der Waals surface area contributed by atoms with Crippen LogP contribution in [0.4, 0.5) is 0 Å². The van der Waals surface area contributed by atoms with Crippen molar-refractivity contribution in [2.75, 3.05) is 13.2 Å². The van der Waals surface area contributed by atoms with E-state index in [1.807, 2.05) is 36.4 Å². The Morgan fingerprint density at radius 1 is 0.610 bits per heavy atom. The van der Waals surface area contributed by atoms with Gasteiger partial charge in [0.2, 0.25) is 0 Å². The second kappa shape index (κ2) is 11.4. The van der Waals surface area contributed by atoms with Crippen LogP contribution in [0, 0.1) is 23.7 Å². The maximum atomic E-state index is 10.3. The normalized spacial score (nSPS) is 35.4. The maximum Gasteiger partial charge on any atom is 0.147 e. The molecule has 2 saturated heterocycles.